The molecule has 12 heavy (non-hydrogen) atoms. The number of aromatic amines is 1. The highest BCUT2D eigenvalue weighted by atomic mass is 127. The van der Waals surface area contributed by atoms with Crippen molar-refractivity contribution in [3.8, 4) is 0 Å². The van der Waals surface area contributed by atoms with Crippen molar-refractivity contribution in [2.24, 2.45) is 0 Å². The first-order valence-corrected chi connectivity index (χ1v) is 5.60. The molecular formula is C9H15IN2. The standard InChI is InChI=1S/C9H15IN2/c1-2-3-4-5-6-8-7-11-9(10)12-8/h7H,2-6H2,1H3,(H,11,12). The van der Waals surface area contributed by atoms with E-state index in [0.717, 1.165) is 10.3 Å². The van der Waals surface area contributed by atoms with Gasteiger partial charge in [0.1, 0.15) is 0 Å². The molecule has 0 radical (unpaired) electrons. The third-order valence-corrected chi connectivity index (χ3v) is 2.45. The van der Waals surface area contributed by atoms with Crippen molar-refractivity contribution in [1.82, 2.24) is 9.97 Å². The van der Waals surface area contributed by atoms with Crippen LogP contribution < -0.4 is 0 Å². The number of hydrogen-bond acceptors (Lipinski definition) is 1. The topological polar surface area (TPSA) is 28.7 Å². The quantitative estimate of drug-likeness (QED) is 0.650. The zero-order chi connectivity index (χ0) is 8.81. The van der Waals surface area contributed by atoms with E-state index in [0.29, 0.717) is 0 Å². The van der Waals surface area contributed by atoms with Crippen LogP contribution in [0.5, 0.6) is 0 Å². The third-order valence-electron chi connectivity index (χ3n) is 1.90. The van der Waals surface area contributed by atoms with Gasteiger partial charge in [-0.2, -0.15) is 0 Å². The second kappa shape index (κ2) is 5.56. The van der Waals surface area contributed by atoms with Crippen LogP contribution in [0.1, 0.15) is 38.3 Å². The number of halogens is 1. The minimum Gasteiger partial charge on any atom is -0.337 e. The normalized spacial score (nSPS) is 10.5. The smallest absolute Gasteiger partial charge is 0.168 e. The Bertz CT molecular complexity index is 220. The van der Waals surface area contributed by atoms with E-state index < -0.39 is 0 Å². The number of nitrogens with one attached hydrogen (secondary N) is 1. The zero-order valence-electron chi connectivity index (χ0n) is 7.44. The second-order valence-corrected chi connectivity index (χ2v) is 4.03. The van der Waals surface area contributed by atoms with E-state index in [1.165, 1.54) is 31.4 Å². The molecule has 0 spiro atoms. The lowest BCUT2D eigenvalue weighted by molar-refractivity contribution is 0.661. The molecule has 3 heteroatoms. The van der Waals surface area contributed by atoms with E-state index in [4.69, 9.17) is 0 Å². The molecule has 68 valence electrons. The molecule has 0 aliphatic rings. The first kappa shape index (κ1) is 10.0. The molecule has 1 heterocycles. The van der Waals surface area contributed by atoms with Gasteiger partial charge in [0.15, 0.2) is 3.83 Å². The molecule has 1 N–H and O–H groups in total. The Labute approximate surface area is 87.3 Å². The average Bonchev–Trinajstić information content (AvgIpc) is 2.45. The largest absolute Gasteiger partial charge is 0.337 e. The summed E-state index contributed by atoms with van der Waals surface area (Å²) in [5, 5.41) is 0. The Balaban J connectivity index is 2.15. The van der Waals surface area contributed by atoms with Gasteiger partial charge in [-0.3, -0.25) is 0 Å². The summed E-state index contributed by atoms with van der Waals surface area (Å²) in [6.45, 7) is 2.24. The minimum absolute atomic E-state index is 0.998. The van der Waals surface area contributed by atoms with Crippen LogP contribution >= 0.6 is 22.6 Å². The Hall–Kier alpha value is -0.0600. The summed E-state index contributed by atoms with van der Waals surface area (Å²) in [6, 6.07) is 0. The van der Waals surface area contributed by atoms with Crippen molar-refractivity contribution in [2.45, 2.75) is 39.0 Å². The van der Waals surface area contributed by atoms with Gasteiger partial charge in [-0.15, -0.1) is 0 Å². The highest BCUT2D eigenvalue weighted by Crippen LogP contribution is 2.06. The second-order valence-electron chi connectivity index (χ2n) is 3.01. The third kappa shape index (κ3) is 3.56. The average molecular weight is 278 g/mol. The molecule has 0 saturated carbocycles. The van der Waals surface area contributed by atoms with Crippen molar-refractivity contribution < 1.29 is 0 Å². The Kier molecular flexibility index (Phi) is 4.65. The molecule has 0 amide bonds. The van der Waals surface area contributed by atoms with Crippen molar-refractivity contribution in [2.75, 3.05) is 0 Å². The summed E-state index contributed by atoms with van der Waals surface area (Å²) < 4.78 is 0.998. The van der Waals surface area contributed by atoms with Gasteiger partial charge in [0.05, 0.1) is 0 Å². The van der Waals surface area contributed by atoms with E-state index in [-0.39, 0.29) is 0 Å². The maximum absolute atomic E-state index is 4.15. The Morgan fingerprint density at radius 2 is 2.25 bits per heavy atom. The Morgan fingerprint density at radius 3 is 2.83 bits per heavy atom. The molecule has 0 fully saturated rings. The SMILES string of the molecule is CCCCCCc1cnc(I)[nH]1. The van der Waals surface area contributed by atoms with Gasteiger partial charge in [0.2, 0.25) is 0 Å². The van der Waals surface area contributed by atoms with Gasteiger partial charge in [-0.05, 0) is 35.4 Å². The molecule has 1 aromatic heterocycles. The molecule has 2 nitrogen and oxygen atoms in total. The molecule has 0 aliphatic heterocycles. The number of rotatable bonds is 5. The molecule has 0 bridgehead atoms. The molecule has 0 saturated heterocycles. The van der Waals surface area contributed by atoms with Crippen molar-refractivity contribution in [3.05, 3.63) is 15.7 Å². The fraction of sp³-hybridized carbons (Fsp3) is 0.667. The maximum Gasteiger partial charge on any atom is 0.168 e. The highest BCUT2D eigenvalue weighted by molar-refractivity contribution is 14.1. The van der Waals surface area contributed by atoms with Gasteiger partial charge in [0.25, 0.3) is 0 Å². The number of nitrogens with zero attached hydrogens (tertiary/aromatic N) is 1. The molecule has 0 aliphatic carbocycles. The van der Waals surface area contributed by atoms with Gasteiger partial charge < -0.3 is 4.98 Å². The van der Waals surface area contributed by atoms with Crippen LogP contribution in [-0.4, -0.2) is 9.97 Å². The van der Waals surface area contributed by atoms with Crippen LogP contribution in [0, 0.1) is 3.83 Å². The van der Waals surface area contributed by atoms with Crippen LogP contribution in [0.4, 0.5) is 0 Å². The van der Waals surface area contributed by atoms with E-state index in [2.05, 4.69) is 39.5 Å². The minimum atomic E-state index is 0.998. The van der Waals surface area contributed by atoms with Crippen molar-refractivity contribution >= 4 is 22.6 Å². The number of imidazole rings is 1. The van der Waals surface area contributed by atoms with E-state index in [1.807, 2.05) is 6.20 Å². The lowest BCUT2D eigenvalue weighted by Crippen LogP contribution is -1.85. The number of aryl methyl sites for hydroxylation is 1. The Morgan fingerprint density at radius 1 is 1.42 bits per heavy atom. The number of unbranched alkanes of at least 4 members (excludes halogenated alkanes) is 3. The van der Waals surface area contributed by atoms with Crippen molar-refractivity contribution in [1.29, 1.82) is 0 Å². The van der Waals surface area contributed by atoms with Gasteiger partial charge in [-0.1, -0.05) is 26.2 Å². The predicted octanol–water partition coefficient (Wildman–Crippen LogP) is 3.14. The monoisotopic (exact) mass is 278 g/mol. The summed E-state index contributed by atoms with van der Waals surface area (Å²) >= 11 is 2.20. The number of H-pyrrole nitrogens is 1. The van der Waals surface area contributed by atoms with Crippen LogP contribution in [-0.2, 0) is 6.42 Å². The molecular weight excluding hydrogens is 263 g/mol. The summed E-state index contributed by atoms with van der Waals surface area (Å²) in [7, 11) is 0. The summed E-state index contributed by atoms with van der Waals surface area (Å²) in [6.07, 6.45) is 8.37. The van der Waals surface area contributed by atoms with Gasteiger partial charge in [-0.25, -0.2) is 4.98 Å². The van der Waals surface area contributed by atoms with Crippen LogP contribution in [0.25, 0.3) is 0 Å². The molecule has 0 aromatic carbocycles. The predicted molar refractivity (Wildman–Crippen MR) is 59.2 cm³/mol. The number of aromatic nitrogens is 2. The molecule has 1 aromatic rings. The van der Waals surface area contributed by atoms with E-state index >= 15 is 0 Å². The van der Waals surface area contributed by atoms with E-state index in [1.54, 1.807) is 0 Å². The zero-order valence-corrected chi connectivity index (χ0v) is 9.60. The van der Waals surface area contributed by atoms with Crippen LogP contribution in [0.15, 0.2) is 6.20 Å². The first-order chi connectivity index (χ1) is 5.83. The van der Waals surface area contributed by atoms with Gasteiger partial charge >= 0.3 is 0 Å². The highest BCUT2D eigenvalue weighted by Gasteiger charge is 1.96. The summed E-state index contributed by atoms with van der Waals surface area (Å²) in [5.74, 6) is 0. The fourth-order valence-electron chi connectivity index (χ4n) is 1.20. The van der Waals surface area contributed by atoms with Gasteiger partial charge in [0, 0.05) is 11.9 Å². The number of hydrogen-bond donors (Lipinski definition) is 1. The fourth-order valence-corrected chi connectivity index (χ4v) is 1.69. The van der Waals surface area contributed by atoms with E-state index in [9.17, 15) is 0 Å². The molecule has 0 atom stereocenters. The molecule has 1 rings (SSSR count). The van der Waals surface area contributed by atoms with Crippen molar-refractivity contribution in [3.63, 3.8) is 0 Å². The van der Waals surface area contributed by atoms with Crippen LogP contribution in [0.3, 0.4) is 0 Å². The maximum atomic E-state index is 4.15. The lowest BCUT2D eigenvalue weighted by atomic mass is 10.1. The lowest BCUT2D eigenvalue weighted by Gasteiger charge is -1.96. The molecule has 0 unspecified atom stereocenters. The first-order valence-electron chi connectivity index (χ1n) is 4.52. The van der Waals surface area contributed by atoms with Crippen LogP contribution in [0.2, 0.25) is 0 Å². The summed E-state index contributed by atoms with van der Waals surface area (Å²) in [4.78, 5) is 7.38. The summed E-state index contributed by atoms with van der Waals surface area (Å²) in [5.41, 5.74) is 1.27.